The van der Waals surface area contributed by atoms with Crippen LogP contribution in [0.4, 0.5) is 17.1 Å². The van der Waals surface area contributed by atoms with Crippen molar-refractivity contribution in [1.29, 1.82) is 0 Å². The van der Waals surface area contributed by atoms with Gasteiger partial charge < -0.3 is 9.32 Å². The van der Waals surface area contributed by atoms with E-state index in [0.29, 0.717) is 0 Å². The largest absolute Gasteiger partial charge is 0.455 e. The Morgan fingerprint density at radius 1 is 0.386 bits per heavy atom. The Hall–Kier alpha value is -5.86. The number of fused-ring (bicyclic) bond motifs is 7. The van der Waals surface area contributed by atoms with Crippen LogP contribution >= 0.6 is 0 Å². The van der Waals surface area contributed by atoms with E-state index in [0.717, 1.165) is 49.8 Å². The van der Waals surface area contributed by atoms with Crippen molar-refractivity contribution >= 4 is 71.3 Å². The van der Waals surface area contributed by atoms with Crippen LogP contribution in [-0.2, 0) is 0 Å². The summed E-state index contributed by atoms with van der Waals surface area (Å²) in [6.45, 7) is 0. The van der Waals surface area contributed by atoms with E-state index in [2.05, 4.69) is 157 Å². The molecule has 0 fully saturated rings. The SMILES string of the molecule is c1ccc2c(-c3ccc(N(c4ccc5ccc6c7ccccc7oc6c5c4)c4cccc5ccccc45)cc3)cccc2c1. The molecule has 0 aliphatic heterocycles. The lowest BCUT2D eigenvalue weighted by atomic mass is 9.98. The highest BCUT2D eigenvalue weighted by molar-refractivity contribution is 6.16. The lowest BCUT2D eigenvalue weighted by Crippen LogP contribution is -2.10. The summed E-state index contributed by atoms with van der Waals surface area (Å²) >= 11 is 0. The topological polar surface area (TPSA) is 16.4 Å². The van der Waals surface area contributed by atoms with Crippen LogP contribution in [0.25, 0.3) is 65.4 Å². The fourth-order valence-corrected chi connectivity index (χ4v) is 6.73. The molecule has 2 heteroatoms. The van der Waals surface area contributed by atoms with Crippen LogP contribution in [0.3, 0.4) is 0 Å². The first-order valence-corrected chi connectivity index (χ1v) is 15.0. The van der Waals surface area contributed by atoms with E-state index in [1.165, 1.54) is 32.7 Å². The zero-order valence-corrected chi connectivity index (χ0v) is 23.9. The Labute approximate surface area is 255 Å². The Kier molecular flexibility index (Phi) is 5.54. The second-order valence-electron chi connectivity index (χ2n) is 11.4. The Balaban J connectivity index is 1.26. The Bertz CT molecular complexity index is 2490. The van der Waals surface area contributed by atoms with Gasteiger partial charge in [-0.2, -0.15) is 0 Å². The highest BCUT2D eigenvalue weighted by atomic mass is 16.3. The number of hydrogen-bond acceptors (Lipinski definition) is 2. The third-order valence-corrected chi connectivity index (χ3v) is 8.84. The monoisotopic (exact) mass is 561 g/mol. The molecular formula is C42H27NO. The maximum Gasteiger partial charge on any atom is 0.143 e. The van der Waals surface area contributed by atoms with Gasteiger partial charge in [-0.1, -0.05) is 121 Å². The minimum Gasteiger partial charge on any atom is -0.455 e. The second-order valence-corrected chi connectivity index (χ2v) is 11.4. The molecule has 0 spiro atoms. The van der Waals surface area contributed by atoms with Crippen molar-refractivity contribution in [3.05, 3.63) is 164 Å². The second kappa shape index (κ2) is 9.86. The third-order valence-electron chi connectivity index (χ3n) is 8.84. The van der Waals surface area contributed by atoms with Gasteiger partial charge in [0.05, 0.1) is 5.69 Å². The summed E-state index contributed by atoms with van der Waals surface area (Å²) < 4.78 is 6.46. The molecular weight excluding hydrogens is 534 g/mol. The predicted octanol–water partition coefficient (Wildman–Crippen LogP) is 12.2. The van der Waals surface area contributed by atoms with Crippen LogP contribution in [0.2, 0.25) is 0 Å². The molecule has 8 aromatic carbocycles. The van der Waals surface area contributed by atoms with Gasteiger partial charge in [-0.15, -0.1) is 0 Å². The summed E-state index contributed by atoms with van der Waals surface area (Å²) in [5.41, 5.74) is 7.60. The molecule has 0 amide bonds. The number of anilines is 3. The van der Waals surface area contributed by atoms with Crippen LogP contribution in [-0.4, -0.2) is 0 Å². The highest BCUT2D eigenvalue weighted by Gasteiger charge is 2.18. The van der Waals surface area contributed by atoms with Gasteiger partial charge in [-0.25, -0.2) is 0 Å². The molecule has 0 saturated carbocycles. The van der Waals surface area contributed by atoms with E-state index in [9.17, 15) is 0 Å². The van der Waals surface area contributed by atoms with E-state index in [1.807, 2.05) is 12.1 Å². The first-order valence-electron chi connectivity index (χ1n) is 15.0. The van der Waals surface area contributed by atoms with Crippen LogP contribution in [0.5, 0.6) is 0 Å². The fourth-order valence-electron chi connectivity index (χ4n) is 6.73. The van der Waals surface area contributed by atoms with Gasteiger partial charge in [0.2, 0.25) is 0 Å². The van der Waals surface area contributed by atoms with Crippen LogP contribution in [0.15, 0.2) is 168 Å². The van der Waals surface area contributed by atoms with E-state index < -0.39 is 0 Å². The number of nitrogens with zero attached hydrogens (tertiary/aromatic N) is 1. The standard InChI is InChI=1S/C42H27NO/c1-3-13-34-28(9-1)11-7-16-35(34)30-19-23-32(24-20-30)43(40-17-8-12-29-10-2-4-14-36(29)40)33-25-21-31-22-26-38-37-15-5-6-18-41(37)44-42(38)39(31)27-33/h1-27H. The van der Waals surface area contributed by atoms with Crippen LogP contribution in [0, 0.1) is 0 Å². The fraction of sp³-hybridized carbons (Fsp3) is 0. The van der Waals surface area contributed by atoms with Crippen LogP contribution in [0.1, 0.15) is 0 Å². The molecule has 0 radical (unpaired) electrons. The zero-order chi connectivity index (χ0) is 29.0. The quantitative estimate of drug-likeness (QED) is 0.212. The molecule has 0 atom stereocenters. The van der Waals surface area contributed by atoms with Gasteiger partial charge >= 0.3 is 0 Å². The van der Waals surface area contributed by atoms with Crippen molar-refractivity contribution in [2.75, 3.05) is 4.90 Å². The Morgan fingerprint density at radius 3 is 1.84 bits per heavy atom. The molecule has 0 unspecified atom stereocenters. The summed E-state index contributed by atoms with van der Waals surface area (Å²) in [5, 5.41) is 9.47. The van der Waals surface area contributed by atoms with Crippen molar-refractivity contribution in [2.24, 2.45) is 0 Å². The number of furan rings is 1. The van der Waals surface area contributed by atoms with Crippen molar-refractivity contribution in [3.63, 3.8) is 0 Å². The average Bonchev–Trinajstić information content (AvgIpc) is 3.48. The van der Waals surface area contributed by atoms with Gasteiger partial charge in [0.25, 0.3) is 0 Å². The molecule has 206 valence electrons. The summed E-state index contributed by atoms with van der Waals surface area (Å²) in [7, 11) is 0. The summed E-state index contributed by atoms with van der Waals surface area (Å²) in [6, 6.07) is 58.6. The number of para-hydroxylation sites is 1. The number of hydrogen-bond donors (Lipinski definition) is 0. The average molecular weight is 562 g/mol. The van der Waals surface area contributed by atoms with Gasteiger partial charge in [-0.3, -0.25) is 0 Å². The zero-order valence-electron chi connectivity index (χ0n) is 23.9. The molecule has 1 aromatic heterocycles. The normalized spacial score (nSPS) is 11.6. The number of benzene rings is 8. The first-order chi connectivity index (χ1) is 21.8. The molecule has 2 nitrogen and oxygen atoms in total. The molecule has 0 bridgehead atoms. The molecule has 9 rings (SSSR count). The molecule has 0 N–H and O–H groups in total. The van der Waals surface area contributed by atoms with Crippen molar-refractivity contribution in [3.8, 4) is 11.1 Å². The van der Waals surface area contributed by atoms with Crippen molar-refractivity contribution < 1.29 is 4.42 Å². The summed E-state index contributed by atoms with van der Waals surface area (Å²) in [5.74, 6) is 0. The van der Waals surface area contributed by atoms with Crippen molar-refractivity contribution in [2.45, 2.75) is 0 Å². The molecule has 0 aliphatic carbocycles. The summed E-state index contributed by atoms with van der Waals surface area (Å²) in [4.78, 5) is 2.37. The smallest absolute Gasteiger partial charge is 0.143 e. The van der Waals surface area contributed by atoms with Gasteiger partial charge in [0.15, 0.2) is 0 Å². The van der Waals surface area contributed by atoms with Gasteiger partial charge in [0, 0.05) is 32.9 Å². The minimum atomic E-state index is 0.912. The van der Waals surface area contributed by atoms with E-state index in [1.54, 1.807) is 0 Å². The lowest BCUT2D eigenvalue weighted by Gasteiger charge is -2.27. The molecule has 44 heavy (non-hydrogen) atoms. The third kappa shape index (κ3) is 3.89. The lowest BCUT2D eigenvalue weighted by molar-refractivity contribution is 0.672. The first kappa shape index (κ1) is 24.7. The van der Waals surface area contributed by atoms with Crippen molar-refractivity contribution in [1.82, 2.24) is 0 Å². The van der Waals surface area contributed by atoms with E-state index >= 15 is 0 Å². The van der Waals surface area contributed by atoms with Gasteiger partial charge in [0.1, 0.15) is 11.2 Å². The number of rotatable bonds is 4. The van der Waals surface area contributed by atoms with Crippen LogP contribution < -0.4 is 4.90 Å². The maximum atomic E-state index is 6.46. The van der Waals surface area contributed by atoms with E-state index in [4.69, 9.17) is 4.42 Å². The molecule has 9 aromatic rings. The Morgan fingerprint density at radius 2 is 1.00 bits per heavy atom. The highest BCUT2D eigenvalue weighted by Crippen LogP contribution is 2.42. The predicted molar refractivity (Wildman–Crippen MR) is 186 cm³/mol. The molecule has 0 saturated heterocycles. The molecule has 1 heterocycles. The summed E-state index contributed by atoms with van der Waals surface area (Å²) in [6.07, 6.45) is 0. The van der Waals surface area contributed by atoms with E-state index in [-0.39, 0.29) is 0 Å². The maximum absolute atomic E-state index is 6.46. The minimum absolute atomic E-state index is 0.912. The van der Waals surface area contributed by atoms with Gasteiger partial charge in [-0.05, 0) is 75.1 Å². The molecule has 0 aliphatic rings.